The number of aromatic nitrogens is 2. The molecule has 30 heavy (non-hydrogen) atoms. The lowest BCUT2D eigenvalue weighted by Gasteiger charge is -2.12. The third-order valence-electron chi connectivity index (χ3n) is 4.73. The van der Waals surface area contributed by atoms with E-state index in [-0.39, 0.29) is 6.03 Å². The summed E-state index contributed by atoms with van der Waals surface area (Å²) in [5.74, 6) is 1.71. The number of hydrogen-bond donors (Lipinski definition) is 2. The van der Waals surface area contributed by atoms with Crippen LogP contribution in [-0.2, 0) is 0 Å². The second kappa shape index (κ2) is 8.16. The van der Waals surface area contributed by atoms with Crippen LogP contribution in [0.25, 0.3) is 16.9 Å². The molecule has 7 heteroatoms. The minimum atomic E-state index is -0.388. The smallest absolute Gasteiger partial charge is 0.324 e. The number of benzene rings is 2. The highest BCUT2D eigenvalue weighted by atomic mass is 16.5. The number of hydrogen-bond acceptors (Lipinski definition) is 4. The molecule has 2 N–H and O–H groups in total. The molecule has 0 aliphatic heterocycles. The first-order chi connectivity index (χ1) is 14.6. The highest BCUT2D eigenvalue weighted by Gasteiger charge is 2.17. The van der Waals surface area contributed by atoms with E-state index in [2.05, 4.69) is 10.6 Å². The van der Waals surface area contributed by atoms with Crippen molar-refractivity contribution in [1.29, 1.82) is 0 Å². The van der Waals surface area contributed by atoms with Gasteiger partial charge in [-0.25, -0.2) is 9.78 Å². The Morgan fingerprint density at radius 3 is 2.43 bits per heavy atom. The van der Waals surface area contributed by atoms with Crippen LogP contribution in [0, 0.1) is 6.92 Å². The van der Waals surface area contributed by atoms with Crippen LogP contribution in [0.3, 0.4) is 0 Å². The summed E-state index contributed by atoms with van der Waals surface area (Å²) in [4.78, 5) is 17.5. The van der Waals surface area contributed by atoms with Crippen LogP contribution in [0.1, 0.15) is 5.56 Å². The highest BCUT2D eigenvalue weighted by molar-refractivity contribution is 6.02. The summed E-state index contributed by atoms with van der Waals surface area (Å²) in [6.07, 6.45) is 1.87. The maximum Gasteiger partial charge on any atom is 0.324 e. The number of methoxy groups -OCH3 is 2. The number of carbonyl (C=O) groups is 1. The van der Waals surface area contributed by atoms with Gasteiger partial charge in [-0.05, 0) is 31.2 Å². The van der Waals surface area contributed by atoms with E-state index in [1.807, 2.05) is 60.0 Å². The number of imidazole rings is 1. The molecule has 0 aliphatic carbocycles. The van der Waals surface area contributed by atoms with Crippen LogP contribution in [0.15, 0.2) is 66.9 Å². The molecule has 0 saturated carbocycles. The number of amides is 2. The Morgan fingerprint density at radius 2 is 1.70 bits per heavy atom. The molecule has 2 amide bonds. The Bertz CT molecular complexity index is 1200. The number of nitrogens with zero attached hydrogens (tertiary/aromatic N) is 2. The van der Waals surface area contributed by atoms with Gasteiger partial charge in [0, 0.05) is 23.5 Å². The van der Waals surface area contributed by atoms with E-state index in [0.29, 0.717) is 28.7 Å². The van der Waals surface area contributed by atoms with Crippen LogP contribution in [0.4, 0.5) is 16.3 Å². The molecule has 0 bridgehead atoms. The molecule has 0 atom stereocenters. The molecule has 4 rings (SSSR count). The first-order valence-electron chi connectivity index (χ1n) is 9.43. The number of ether oxygens (including phenoxy) is 2. The predicted octanol–water partition coefficient (Wildman–Crippen LogP) is 4.97. The SMILES string of the molecule is COc1ccc(NC(=O)Nc2c(-c3ccc(C)cc3)nc3ccccn23)cc1OC. The fraction of sp³-hybridized carbons (Fsp3) is 0.130. The second-order valence-electron chi connectivity index (χ2n) is 6.75. The van der Waals surface area contributed by atoms with E-state index in [9.17, 15) is 4.79 Å². The van der Waals surface area contributed by atoms with Crippen LogP contribution in [0.2, 0.25) is 0 Å². The molecule has 7 nitrogen and oxygen atoms in total. The third-order valence-corrected chi connectivity index (χ3v) is 4.73. The molecule has 0 spiro atoms. The summed E-state index contributed by atoms with van der Waals surface area (Å²) in [5, 5.41) is 5.77. The van der Waals surface area contributed by atoms with Gasteiger partial charge in [0.1, 0.15) is 17.2 Å². The quantitative estimate of drug-likeness (QED) is 0.494. The van der Waals surface area contributed by atoms with Gasteiger partial charge in [-0.2, -0.15) is 0 Å². The van der Waals surface area contributed by atoms with E-state index >= 15 is 0 Å². The van der Waals surface area contributed by atoms with E-state index < -0.39 is 0 Å². The lowest BCUT2D eigenvalue weighted by molar-refractivity contribution is 0.262. The van der Waals surface area contributed by atoms with Gasteiger partial charge >= 0.3 is 6.03 Å². The molecule has 0 unspecified atom stereocenters. The van der Waals surface area contributed by atoms with Gasteiger partial charge in [0.25, 0.3) is 0 Å². The van der Waals surface area contributed by atoms with Crippen molar-refractivity contribution in [3.63, 3.8) is 0 Å². The van der Waals surface area contributed by atoms with Crippen LogP contribution < -0.4 is 20.1 Å². The number of rotatable bonds is 5. The monoisotopic (exact) mass is 402 g/mol. The van der Waals surface area contributed by atoms with Crippen molar-refractivity contribution < 1.29 is 14.3 Å². The molecule has 0 saturated heterocycles. The van der Waals surface area contributed by atoms with Crippen LogP contribution >= 0.6 is 0 Å². The Morgan fingerprint density at radius 1 is 0.933 bits per heavy atom. The average Bonchev–Trinajstić information content (AvgIpc) is 3.12. The van der Waals surface area contributed by atoms with E-state index in [1.165, 1.54) is 0 Å². The van der Waals surface area contributed by atoms with Gasteiger partial charge in [0.15, 0.2) is 11.5 Å². The van der Waals surface area contributed by atoms with Crippen molar-refractivity contribution in [2.45, 2.75) is 6.92 Å². The molecular weight excluding hydrogens is 380 g/mol. The summed E-state index contributed by atoms with van der Waals surface area (Å²) in [6.45, 7) is 2.03. The van der Waals surface area contributed by atoms with Crippen molar-refractivity contribution in [3.05, 3.63) is 72.4 Å². The minimum Gasteiger partial charge on any atom is -0.493 e. The third kappa shape index (κ3) is 3.77. The Hall–Kier alpha value is -4.00. The van der Waals surface area contributed by atoms with Crippen LogP contribution in [0.5, 0.6) is 11.5 Å². The molecule has 152 valence electrons. The van der Waals surface area contributed by atoms with Gasteiger partial charge < -0.3 is 14.8 Å². The zero-order valence-corrected chi connectivity index (χ0v) is 17.0. The van der Waals surface area contributed by atoms with E-state index in [0.717, 1.165) is 16.8 Å². The number of anilines is 2. The number of fused-ring (bicyclic) bond motifs is 1. The van der Waals surface area contributed by atoms with Gasteiger partial charge in [-0.3, -0.25) is 9.72 Å². The minimum absolute atomic E-state index is 0.388. The maximum absolute atomic E-state index is 12.8. The fourth-order valence-electron chi connectivity index (χ4n) is 3.21. The maximum atomic E-state index is 12.8. The van der Waals surface area contributed by atoms with E-state index in [1.54, 1.807) is 32.4 Å². The number of nitrogens with one attached hydrogen (secondary N) is 2. The van der Waals surface area contributed by atoms with Crippen molar-refractivity contribution in [2.75, 3.05) is 24.9 Å². The summed E-state index contributed by atoms with van der Waals surface area (Å²) < 4.78 is 12.4. The number of aryl methyl sites for hydroxylation is 1. The normalized spacial score (nSPS) is 10.6. The Labute approximate surface area is 174 Å². The molecular formula is C23H22N4O3. The van der Waals surface area contributed by atoms with Gasteiger partial charge in [0.05, 0.1) is 14.2 Å². The first-order valence-corrected chi connectivity index (χ1v) is 9.43. The first kappa shape index (κ1) is 19.3. The van der Waals surface area contributed by atoms with Crippen LogP contribution in [-0.4, -0.2) is 29.6 Å². The molecule has 4 aromatic rings. The summed E-state index contributed by atoms with van der Waals surface area (Å²) >= 11 is 0. The predicted molar refractivity (Wildman–Crippen MR) is 118 cm³/mol. The van der Waals surface area contributed by atoms with Gasteiger partial charge in [-0.1, -0.05) is 35.9 Å². The van der Waals surface area contributed by atoms with Gasteiger partial charge in [0.2, 0.25) is 0 Å². The highest BCUT2D eigenvalue weighted by Crippen LogP contribution is 2.31. The van der Waals surface area contributed by atoms with Crippen molar-refractivity contribution >= 4 is 23.2 Å². The Kier molecular flexibility index (Phi) is 5.26. The molecule has 2 heterocycles. The number of pyridine rings is 1. The summed E-state index contributed by atoms with van der Waals surface area (Å²) in [5.41, 5.74) is 4.10. The van der Waals surface area contributed by atoms with E-state index in [4.69, 9.17) is 14.5 Å². The molecule has 0 radical (unpaired) electrons. The largest absolute Gasteiger partial charge is 0.493 e. The topological polar surface area (TPSA) is 76.9 Å². The fourth-order valence-corrected chi connectivity index (χ4v) is 3.21. The molecule has 2 aromatic carbocycles. The molecule has 2 aromatic heterocycles. The number of urea groups is 1. The lowest BCUT2D eigenvalue weighted by Crippen LogP contribution is -2.20. The average molecular weight is 402 g/mol. The number of carbonyl (C=O) groups excluding carboxylic acids is 1. The summed E-state index contributed by atoms with van der Waals surface area (Å²) in [6, 6.07) is 18.5. The lowest BCUT2D eigenvalue weighted by atomic mass is 10.1. The molecule has 0 aliphatic rings. The Balaban J connectivity index is 1.65. The van der Waals surface area contributed by atoms with Crippen molar-refractivity contribution in [1.82, 2.24) is 9.38 Å². The molecule has 0 fully saturated rings. The standard InChI is InChI=1S/C23H22N4O3/c1-15-7-9-16(10-8-15)21-22(27-13-5-4-6-20(27)25-21)26-23(28)24-17-11-12-18(29-2)19(14-17)30-3/h4-14H,1-3H3,(H2,24,26,28). The van der Waals surface area contributed by atoms with Crippen molar-refractivity contribution in [3.8, 4) is 22.8 Å². The van der Waals surface area contributed by atoms with Gasteiger partial charge in [-0.15, -0.1) is 0 Å². The second-order valence-corrected chi connectivity index (χ2v) is 6.75. The zero-order chi connectivity index (χ0) is 21.1. The van der Waals surface area contributed by atoms with Crippen molar-refractivity contribution in [2.24, 2.45) is 0 Å². The zero-order valence-electron chi connectivity index (χ0n) is 17.0. The summed E-state index contributed by atoms with van der Waals surface area (Å²) in [7, 11) is 3.11.